The van der Waals surface area contributed by atoms with Crippen LogP contribution >= 0.6 is 0 Å². The third-order valence-electron chi connectivity index (χ3n) is 5.62. The number of amides is 4. The second-order valence-corrected chi connectivity index (χ2v) is 7.55. The van der Waals surface area contributed by atoms with Crippen molar-refractivity contribution >= 4 is 23.5 Å². The SMILES string of the molecule is COc1cc(NC(=O)CN2C(=O)NC3(CCC(C)CC3)C2=O)cc(OC)c1OC. The summed E-state index contributed by atoms with van der Waals surface area (Å²) in [6.07, 6.45) is 2.95. The van der Waals surface area contributed by atoms with Crippen molar-refractivity contribution in [1.29, 1.82) is 0 Å². The number of ether oxygens (including phenoxy) is 3. The quantitative estimate of drug-likeness (QED) is 0.703. The maximum absolute atomic E-state index is 12.9. The summed E-state index contributed by atoms with van der Waals surface area (Å²) in [5.74, 6) is 0.872. The number of imide groups is 1. The molecule has 158 valence electrons. The summed E-state index contributed by atoms with van der Waals surface area (Å²) in [6, 6.07) is 2.63. The summed E-state index contributed by atoms with van der Waals surface area (Å²) in [5.41, 5.74) is -0.464. The fraction of sp³-hybridized carbons (Fsp3) is 0.550. The molecular formula is C20H27N3O6. The molecule has 2 fully saturated rings. The summed E-state index contributed by atoms with van der Waals surface area (Å²) in [7, 11) is 4.43. The molecule has 0 aromatic heterocycles. The Kier molecular flexibility index (Phi) is 5.86. The topological polar surface area (TPSA) is 106 Å². The predicted molar refractivity (Wildman–Crippen MR) is 105 cm³/mol. The van der Waals surface area contributed by atoms with E-state index in [-0.39, 0.29) is 12.5 Å². The van der Waals surface area contributed by atoms with Gasteiger partial charge in [0.2, 0.25) is 11.7 Å². The number of nitrogens with zero attached hydrogens (tertiary/aromatic N) is 1. The summed E-state index contributed by atoms with van der Waals surface area (Å²) < 4.78 is 15.8. The van der Waals surface area contributed by atoms with Crippen LogP contribution in [-0.4, -0.2) is 56.2 Å². The van der Waals surface area contributed by atoms with Crippen LogP contribution in [0.3, 0.4) is 0 Å². The molecular weight excluding hydrogens is 378 g/mol. The molecule has 1 aliphatic carbocycles. The van der Waals surface area contributed by atoms with Crippen molar-refractivity contribution in [2.24, 2.45) is 5.92 Å². The molecule has 2 aliphatic rings. The summed E-state index contributed by atoms with van der Waals surface area (Å²) in [6.45, 7) is 1.77. The second kappa shape index (κ2) is 8.18. The van der Waals surface area contributed by atoms with Gasteiger partial charge in [0.25, 0.3) is 5.91 Å². The van der Waals surface area contributed by atoms with Gasteiger partial charge in [-0.1, -0.05) is 6.92 Å². The van der Waals surface area contributed by atoms with Crippen LogP contribution in [0.2, 0.25) is 0 Å². The van der Waals surface area contributed by atoms with Gasteiger partial charge >= 0.3 is 6.03 Å². The summed E-state index contributed by atoms with van der Waals surface area (Å²) in [5, 5.41) is 5.49. The van der Waals surface area contributed by atoms with Crippen LogP contribution in [0, 0.1) is 5.92 Å². The van der Waals surface area contributed by atoms with E-state index in [9.17, 15) is 14.4 Å². The van der Waals surface area contributed by atoms with Crippen molar-refractivity contribution < 1.29 is 28.6 Å². The van der Waals surface area contributed by atoms with Gasteiger partial charge in [-0.2, -0.15) is 0 Å². The van der Waals surface area contributed by atoms with E-state index in [0.717, 1.165) is 17.7 Å². The van der Waals surface area contributed by atoms with Crippen LogP contribution in [0.5, 0.6) is 17.2 Å². The molecule has 1 aliphatic heterocycles. The number of benzene rings is 1. The molecule has 1 saturated carbocycles. The van der Waals surface area contributed by atoms with Crippen LogP contribution in [0.1, 0.15) is 32.6 Å². The van der Waals surface area contributed by atoms with Gasteiger partial charge in [0.05, 0.1) is 21.3 Å². The van der Waals surface area contributed by atoms with Crippen molar-refractivity contribution in [1.82, 2.24) is 10.2 Å². The highest BCUT2D eigenvalue weighted by Crippen LogP contribution is 2.40. The van der Waals surface area contributed by atoms with Crippen LogP contribution in [-0.2, 0) is 9.59 Å². The number of urea groups is 1. The van der Waals surface area contributed by atoms with Gasteiger partial charge in [0.15, 0.2) is 11.5 Å². The minimum absolute atomic E-state index is 0.325. The molecule has 29 heavy (non-hydrogen) atoms. The number of carbonyl (C=O) groups excluding carboxylic acids is 3. The van der Waals surface area contributed by atoms with Gasteiger partial charge in [-0.3, -0.25) is 14.5 Å². The molecule has 1 saturated heterocycles. The van der Waals surface area contributed by atoms with E-state index in [1.807, 2.05) is 0 Å². The molecule has 9 heteroatoms. The van der Waals surface area contributed by atoms with Crippen LogP contribution in [0.25, 0.3) is 0 Å². The first-order valence-corrected chi connectivity index (χ1v) is 9.57. The Morgan fingerprint density at radius 3 is 2.24 bits per heavy atom. The van der Waals surface area contributed by atoms with Crippen molar-refractivity contribution in [3.05, 3.63) is 12.1 Å². The highest BCUT2D eigenvalue weighted by molar-refractivity contribution is 6.10. The van der Waals surface area contributed by atoms with E-state index in [0.29, 0.717) is 41.7 Å². The first kappa shape index (κ1) is 20.8. The molecule has 1 aromatic carbocycles. The lowest BCUT2D eigenvalue weighted by Gasteiger charge is -2.33. The fourth-order valence-electron chi connectivity index (χ4n) is 3.91. The first-order valence-electron chi connectivity index (χ1n) is 9.57. The van der Waals surface area contributed by atoms with Crippen LogP contribution < -0.4 is 24.8 Å². The first-order chi connectivity index (χ1) is 13.8. The molecule has 3 rings (SSSR count). The Balaban J connectivity index is 1.71. The number of rotatable bonds is 6. The van der Waals surface area contributed by atoms with Gasteiger partial charge in [-0.05, 0) is 31.6 Å². The highest BCUT2D eigenvalue weighted by atomic mass is 16.5. The minimum atomic E-state index is -0.865. The smallest absolute Gasteiger partial charge is 0.325 e. The van der Waals surface area contributed by atoms with Gasteiger partial charge in [0, 0.05) is 17.8 Å². The van der Waals surface area contributed by atoms with E-state index < -0.39 is 17.5 Å². The van der Waals surface area contributed by atoms with E-state index in [4.69, 9.17) is 14.2 Å². The molecule has 0 atom stereocenters. The minimum Gasteiger partial charge on any atom is -0.493 e. The Morgan fingerprint density at radius 1 is 1.14 bits per heavy atom. The van der Waals surface area contributed by atoms with Crippen molar-refractivity contribution in [3.63, 3.8) is 0 Å². The standard InChI is InChI=1S/C20H27N3O6/c1-12-5-7-20(8-6-12)18(25)23(19(26)22-20)11-16(24)21-13-9-14(27-2)17(29-4)15(10-13)28-3/h9-10,12H,5-8,11H2,1-4H3,(H,21,24)(H,22,26). The molecule has 9 nitrogen and oxygen atoms in total. The van der Waals surface area contributed by atoms with Crippen molar-refractivity contribution in [2.75, 3.05) is 33.2 Å². The molecule has 1 aromatic rings. The van der Waals surface area contributed by atoms with Crippen molar-refractivity contribution in [3.8, 4) is 17.2 Å². The number of methoxy groups -OCH3 is 3. The number of hydrogen-bond acceptors (Lipinski definition) is 6. The van der Waals surface area contributed by atoms with Crippen LogP contribution in [0.4, 0.5) is 10.5 Å². The Hall–Kier alpha value is -2.97. The molecule has 0 unspecified atom stereocenters. The van der Waals surface area contributed by atoms with Gasteiger partial charge < -0.3 is 24.8 Å². The molecule has 1 heterocycles. The normalized spacial score (nSPS) is 23.7. The van der Waals surface area contributed by atoms with E-state index >= 15 is 0 Å². The van der Waals surface area contributed by atoms with Gasteiger partial charge in [-0.15, -0.1) is 0 Å². The van der Waals surface area contributed by atoms with Gasteiger partial charge in [0.1, 0.15) is 12.1 Å². The second-order valence-electron chi connectivity index (χ2n) is 7.55. The number of nitrogens with one attached hydrogen (secondary N) is 2. The molecule has 1 spiro atoms. The lowest BCUT2D eigenvalue weighted by atomic mass is 9.77. The molecule has 0 bridgehead atoms. The Labute approximate surface area is 169 Å². The lowest BCUT2D eigenvalue weighted by Crippen LogP contribution is -2.49. The average molecular weight is 405 g/mol. The largest absolute Gasteiger partial charge is 0.493 e. The maximum atomic E-state index is 12.9. The van der Waals surface area contributed by atoms with E-state index in [1.165, 1.54) is 21.3 Å². The summed E-state index contributed by atoms with van der Waals surface area (Å²) in [4.78, 5) is 38.8. The van der Waals surface area contributed by atoms with Gasteiger partial charge in [-0.25, -0.2) is 4.79 Å². The average Bonchev–Trinajstić information content (AvgIpc) is 2.93. The highest BCUT2D eigenvalue weighted by Gasteiger charge is 2.52. The molecule has 4 amide bonds. The Morgan fingerprint density at radius 2 is 1.72 bits per heavy atom. The number of hydrogen-bond donors (Lipinski definition) is 2. The monoisotopic (exact) mass is 405 g/mol. The van der Waals surface area contributed by atoms with Crippen molar-refractivity contribution in [2.45, 2.75) is 38.1 Å². The van der Waals surface area contributed by atoms with E-state index in [2.05, 4.69) is 17.6 Å². The Bertz CT molecular complexity index is 791. The number of anilines is 1. The summed E-state index contributed by atoms with van der Waals surface area (Å²) >= 11 is 0. The third kappa shape index (κ3) is 3.94. The van der Waals surface area contributed by atoms with Crippen LogP contribution in [0.15, 0.2) is 12.1 Å². The molecule has 2 N–H and O–H groups in total. The molecule has 0 radical (unpaired) electrons. The zero-order chi connectivity index (χ0) is 21.2. The fourth-order valence-corrected chi connectivity index (χ4v) is 3.91. The third-order valence-corrected chi connectivity index (χ3v) is 5.62. The zero-order valence-electron chi connectivity index (χ0n) is 17.2. The van der Waals surface area contributed by atoms with E-state index in [1.54, 1.807) is 12.1 Å². The lowest BCUT2D eigenvalue weighted by molar-refractivity contribution is -0.135. The number of carbonyl (C=O) groups is 3. The predicted octanol–water partition coefficient (Wildman–Crippen LogP) is 2.15. The maximum Gasteiger partial charge on any atom is 0.325 e. The zero-order valence-corrected chi connectivity index (χ0v) is 17.2.